The number of H-pyrrole nitrogens is 1. The monoisotopic (exact) mass is 463 g/mol. The van der Waals surface area contributed by atoms with E-state index in [2.05, 4.69) is 27.4 Å². The zero-order valence-electron chi connectivity index (χ0n) is 19.3. The van der Waals surface area contributed by atoms with Crippen molar-refractivity contribution in [3.8, 4) is 17.0 Å². The summed E-state index contributed by atoms with van der Waals surface area (Å²) in [7, 11) is 0. The smallest absolute Gasteiger partial charge is 0.338 e. The lowest BCUT2D eigenvalue weighted by atomic mass is 10.0. The highest BCUT2D eigenvalue weighted by molar-refractivity contribution is 5.97. The zero-order valence-corrected chi connectivity index (χ0v) is 19.3. The number of ether oxygens (including phenoxy) is 2. The molecule has 5 aromatic rings. The van der Waals surface area contributed by atoms with Gasteiger partial charge in [0.2, 0.25) is 5.88 Å². The minimum absolute atomic E-state index is 0.331. The van der Waals surface area contributed by atoms with Crippen LogP contribution in [0.1, 0.15) is 22.8 Å². The average molecular weight is 464 g/mol. The summed E-state index contributed by atoms with van der Waals surface area (Å²) in [5.74, 6) is 0.230. The SMILES string of the molecule is CCOC(=O)c1ccc(Nc2cnc(OCc3ccccc3)c(-c3cccc4[nH]ccc34)c2)cc1. The molecule has 174 valence electrons. The summed E-state index contributed by atoms with van der Waals surface area (Å²) >= 11 is 0. The number of aromatic amines is 1. The Morgan fingerprint density at radius 1 is 0.914 bits per heavy atom. The predicted molar refractivity (Wildman–Crippen MR) is 138 cm³/mol. The number of anilines is 2. The maximum absolute atomic E-state index is 11.9. The molecule has 0 saturated heterocycles. The first-order chi connectivity index (χ1) is 17.2. The van der Waals surface area contributed by atoms with E-state index in [1.165, 1.54) is 0 Å². The van der Waals surface area contributed by atoms with Crippen LogP contribution in [-0.2, 0) is 11.3 Å². The third-order valence-electron chi connectivity index (χ3n) is 5.64. The molecule has 0 fully saturated rings. The Bertz CT molecular complexity index is 1440. The second-order valence-corrected chi connectivity index (χ2v) is 8.02. The lowest BCUT2D eigenvalue weighted by molar-refractivity contribution is 0.0526. The third-order valence-corrected chi connectivity index (χ3v) is 5.64. The predicted octanol–water partition coefficient (Wildman–Crippen LogP) is 6.73. The molecule has 6 nitrogen and oxygen atoms in total. The molecule has 35 heavy (non-hydrogen) atoms. The Labute approximate surface area is 203 Å². The van der Waals surface area contributed by atoms with Gasteiger partial charge in [-0.05, 0) is 60.5 Å². The summed E-state index contributed by atoms with van der Waals surface area (Å²) in [5, 5.41) is 4.47. The van der Waals surface area contributed by atoms with Gasteiger partial charge in [-0.1, -0.05) is 42.5 Å². The van der Waals surface area contributed by atoms with Crippen LogP contribution in [-0.4, -0.2) is 22.5 Å². The van der Waals surface area contributed by atoms with Crippen molar-refractivity contribution < 1.29 is 14.3 Å². The Kier molecular flexibility index (Phi) is 6.44. The van der Waals surface area contributed by atoms with Crippen molar-refractivity contribution in [1.82, 2.24) is 9.97 Å². The fourth-order valence-electron chi connectivity index (χ4n) is 3.95. The summed E-state index contributed by atoms with van der Waals surface area (Å²) in [6, 6.07) is 27.4. The lowest BCUT2D eigenvalue weighted by Gasteiger charge is -2.14. The number of hydrogen-bond donors (Lipinski definition) is 2. The van der Waals surface area contributed by atoms with Crippen molar-refractivity contribution in [2.24, 2.45) is 0 Å². The van der Waals surface area contributed by atoms with E-state index in [-0.39, 0.29) is 5.97 Å². The highest BCUT2D eigenvalue weighted by atomic mass is 16.5. The molecular weight excluding hydrogens is 438 g/mol. The number of esters is 1. The fraction of sp³-hybridized carbons (Fsp3) is 0.103. The van der Waals surface area contributed by atoms with Crippen molar-refractivity contribution in [2.45, 2.75) is 13.5 Å². The molecule has 6 heteroatoms. The molecule has 0 aliphatic heterocycles. The molecule has 0 atom stereocenters. The summed E-state index contributed by atoms with van der Waals surface area (Å²) in [5.41, 5.74) is 6.19. The van der Waals surface area contributed by atoms with Gasteiger partial charge in [-0.15, -0.1) is 0 Å². The normalized spacial score (nSPS) is 10.8. The number of nitrogens with one attached hydrogen (secondary N) is 2. The molecule has 2 N–H and O–H groups in total. The highest BCUT2D eigenvalue weighted by Crippen LogP contribution is 2.36. The van der Waals surface area contributed by atoms with Gasteiger partial charge in [-0.3, -0.25) is 0 Å². The molecule has 0 amide bonds. The molecule has 0 radical (unpaired) electrons. The molecule has 5 rings (SSSR count). The number of pyridine rings is 1. The van der Waals surface area contributed by atoms with Crippen molar-refractivity contribution in [2.75, 3.05) is 11.9 Å². The summed E-state index contributed by atoms with van der Waals surface area (Å²) < 4.78 is 11.2. The van der Waals surface area contributed by atoms with Crippen LogP contribution < -0.4 is 10.1 Å². The number of benzene rings is 3. The van der Waals surface area contributed by atoms with E-state index in [0.29, 0.717) is 24.7 Å². The first-order valence-corrected chi connectivity index (χ1v) is 11.5. The van der Waals surface area contributed by atoms with Crippen molar-refractivity contribution >= 4 is 28.2 Å². The van der Waals surface area contributed by atoms with Gasteiger partial charge in [0.15, 0.2) is 0 Å². The maximum Gasteiger partial charge on any atom is 0.338 e. The van der Waals surface area contributed by atoms with Crippen LogP contribution in [0.4, 0.5) is 11.4 Å². The summed E-state index contributed by atoms with van der Waals surface area (Å²) in [4.78, 5) is 19.9. The minimum atomic E-state index is -0.331. The second kappa shape index (κ2) is 10.1. The topological polar surface area (TPSA) is 76.2 Å². The van der Waals surface area contributed by atoms with Crippen LogP contribution in [0.3, 0.4) is 0 Å². The van der Waals surface area contributed by atoms with Crippen molar-refractivity contribution in [3.63, 3.8) is 0 Å². The maximum atomic E-state index is 11.9. The van der Waals surface area contributed by atoms with E-state index in [0.717, 1.165) is 39.0 Å². The number of fused-ring (bicyclic) bond motifs is 1. The Balaban J connectivity index is 1.46. The van der Waals surface area contributed by atoms with Crippen molar-refractivity contribution in [3.05, 3.63) is 108 Å². The van der Waals surface area contributed by atoms with Gasteiger partial charge in [0.1, 0.15) is 6.61 Å². The molecular formula is C29H25N3O3. The molecule has 2 aromatic heterocycles. The van der Waals surface area contributed by atoms with Crippen LogP contribution in [0, 0.1) is 0 Å². The zero-order chi connectivity index (χ0) is 24.0. The van der Waals surface area contributed by atoms with Crippen molar-refractivity contribution in [1.29, 1.82) is 0 Å². The van der Waals surface area contributed by atoms with Crippen LogP contribution in [0.15, 0.2) is 97.3 Å². The van der Waals surface area contributed by atoms with Gasteiger partial charge in [0.25, 0.3) is 0 Å². The van der Waals surface area contributed by atoms with E-state index >= 15 is 0 Å². The number of rotatable bonds is 8. The first-order valence-electron chi connectivity index (χ1n) is 11.5. The molecule has 0 bridgehead atoms. The van der Waals surface area contributed by atoms with E-state index < -0.39 is 0 Å². The number of hydrogen-bond acceptors (Lipinski definition) is 5. The van der Waals surface area contributed by atoms with Crippen LogP contribution >= 0.6 is 0 Å². The Morgan fingerprint density at radius 3 is 2.54 bits per heavy atom. The van der Waals surface area contributed by atoms with E-state index in [9.17, 15) is 4.79 Å². The molecule has 0 aliphatic rings. The lowest BCUT2D eigenvalue weighted by Crippen LogP contribution is -2.04. The van der Waals surface area contributed by atoms with Crippen LogP contribution in [0.25, 0.3) is 22.0 Å². The molecule has 0 unspecified atom stereocenters. The number of carbonyl (C=O) groups is 1. The molecule has 0 saturated carbocycles. The van der Waals surface area contributed by atoms with Gasteiger partial charge < -0.3 is 19.8 Å². The van der Waals surface area contributed by atoms with E-state index in [4.69, 9.17) is 9.47 Å². The van der Waals surface area contributed by atoms with E-state index in [1.54, 1.807) is 25.3 Å². The fourth-order valence-corrected chi connectivity index (χ4v) is 3.95. The standard InChI is InChI=1S/C29H25N3O3/c1-2-34-29(33)21-11-13-22(14-12-21)32-23-17-26(24-9-6-10-27-25(24)15-16-30-27)28(31-18-23)35-19-20-7-4-3-5-8-20/h3-18,30,32H,2,19H2,1H3. The average Bonchev–Trinajstić information content (AvgIpc) is 3.38. The summed E-state index contributed by atoms with van der Waals surface area (Å²) in [6.07, 6.45) is 3.68. The second-order valence-electron chi connectivity index (χ2n) is 8.02. The number of carbonyl (C=O) groups excluding carboxylic acids is 1. The number of aromatic nitrogens is 2. The number of nitrogens with zero attached hydrogens (tertiary/aromatic N) is 1. The van der Waals surface area contributed by atoms with Gasteiger partial charge in [-0.2, -0.15) is 0 Å². The van der Waals surface area contributed by atoms with Crippen LogP contribution in [0.2, 0.25) is 0 Å². The van der Waals surface area contributed by atoms with Gasteiger partial charge in [0.05, 0.1) is 24.1 Å². The first kappa shape index (κ1) is 22.2. The molecule has 0 spiro atoms. The molecule has 2 heterocycles. The van der Waals surface area contributed by atoms with Gasteiger partial charge in [-0.25, -0.2) is 9.78 Å². The largest absolute Gasteiger partial charge is 0.472 e. The van der Waals surface area contributed by atoms with E-state index in [1.807, 2.05) is 66.9 Å². The third kappa shape index (κ3) is 5.01. The Morgan fingerprint density at radius 2 is 1.74 bits per heavy atom. The highest BCUT2D eigenvalue weighted by Gasteiger charge is 2.14. The molecule has 0 aliphatic carbocycles. The quantitative estimate of drug-likeness (QED) is 0.250. The van der Waals surface area contributed by atoms with Gasteiger partial charge in [0, 0.05) is 28.4 Å². The minimum Gasteiger partial charge on any atom is -0.472 e. The molecule has 3 aromatic carbocycles. The summed E-state index contributed by atoms with van der Waals surface area (Å²) in [6.45, 7) is 2.56. The Hall–Kier alpha value is -4.58. The van der Waals surface area contributed by atoms with Crippen LogP contribution in [0.5, 0.6) is 5.88 Å². The van der Waals surface area contributed by atoms with Gasteiger partial charge >= 0.3 is 5.97 Å².